The lowest BCUT2D eigenvalue weighted by Gasteiger charge is -2.27. The third kappa shape index (κ3) is 5.43. The minimum atomic E-state index is -1.00. The van der Waals surface area contributed by atoms with Crippen molar-refractivity contribution < 1.29 is 33.4 Å². The Bertz CT molecular complexity index is 1030. The smallest absolute Gasteiger partial charge is 0.404 e. The van der Waals surface area contributed by atoms with E-state index in [1.54, 1.807) is 18.2 Å². The number of hydrogen-bond donors (Lipinski definition) is 3. The molecular weight excluding hydrogens is 458 g/mol. The van der Waals surface area contributed by atoms with E-state index in [2.05, 4.69) is 15.5 Å². The summed E-state index contributed by atoms with van der Waals surface area (Å²) < 4.78 is 10.6. The monoisotopic (exact) mass is 487 g/mol. The molecule has 4 N–H and O–H groups in total. The number of nitrogens with one attached hydrogen (secondary N) is 2. The van der Waals surface area contributed by atoms with Gasteiger partial charge in [0.2, 0.25) is 11.8 Å². The van der Waals surface area contributed by atoms with Crippen LogP contribution in [0.4, 0.5) is 10.5 Å². The van der Waals surface area contributed by atoms with Crippen LogP contribution in [0.1, 0.15) is 46.4 Å². The zero-order valence-corrected chi connectivity index (χ0v) is 19.3. The Morgan fingerprint density at radius 2 is 1.97 bits per heavy atom. The lowest BCUT2D eigenvalue weighted by atomic mass is 10.0. The Hall–Kier alpha value is -3.51. The van der Waals surface area contributed by atoms with Crippen molar-refractivity contribution in [1.29, 1.82) is 0 Å². The molecule has 0 bridgehead atoms. The molecule has 0 radical (unpaired) electrons. The molecule has 0 saturated carbocycles. The number of carbonyl (C=O) groups excluding carboxylic acids is 5. The fraction of sp³-hybridized carbons (Fsp3) is 0.522. The Kier molecular flexibility index (Phi) is 7.61. The first-order valence-corrected chi connectivity index (χ1v) is 11.7. The lowest BCUT2D eigenvalue weighted by molar-refractivity contribution is -0.136. The summed E-state index contributed by atoms with van der Waals surface area (Å²) in [6.45, 7) is 3.15. The van der Waals surface area contributed by atoms with E-state index >= 15 is 0 Å². The zero-order valence-electron chi connectivity index (χ0n) is 19.3. The van der Waals surface area contributed by atoms with Crippen molar-refractivity contribution in [2.24, 2.45) is 5.73 Å². The van der Waals surface area contributed by atoms with Crippen LogP contribution in [-0.2, 0) is 19.1 Å². The molecule has 12 heteroatoms. The number of primary amides is 1. The normalized spacial score (nSPS) is 22.3. The Balaban J connectivity index is 1.27. The summed E-state index contributed by atoms with van der Waals surface area (Å²) in [7, 11) is 0. The van der Waals surface area contributed by atoms with E-state index in [4.69, 9.17) is 15.2 Å². The van der Waals surface area contributed by atoms with Gasteiger partial charge in [0.25, 0.3) is 11.8 Å². The highest BCUT2D eigenvalue weighted by Crippen LogP contribution is 2.32. The van der Waals surface area contributed by atoms with Crippen molar-refractivity contribution in [3.8, 4) is 0 Å². The average Bonchev–Trinajstić information content (AvgIpc) is 3.37. The molecule has 5 amide bonds. The van der Waals surface area contributed by atoms with E-state index in [9.17, 15) is 24.0 Å². The molecule has 3 aliphatic rings. The molecule has 2 fully saturated rings. The summed E-state index contributed by atoms with van der Waals surface area (Å²) in [5.74, 6) is -2.15. The van der Waals surface area contributed by atoms with Gasteiger partial charge in [0.1, 0.15) is 12.6 Å². The number of hydrogen-bond acceptors (Lipinski definition) is 9. The molecule has 0 aromatic heterocycles. The highest BCUT2D eigenvalue weighted by Gasteiger charge is 2.45. The number of anilines is 1. The average molecular weight is 488 g/mol. The van der Waals surface area contributed by atoms with Gasteiger partial charge in [-0.25, -0.2) is 4.79 Å². The summed E-state index contributed by atoms with van der Waals surface area (Å²) in [4.78, 5) is 63.6. The minimum absolute atomic E-state index is 0.0720. The number of ether oxygens (including phenoxy) is 2. The molecule has 12 nitrogen and oxygen atoms in total. The predicted octanol–water partition coefficient (Wildman–Crippen LogP) is 0.0760. The van der Waals surface area contributed by atoms with Crippen LogP contribution < -0.4 is 16.4 Å². The maximum Gasteiger partial charge on any atom is 0.404 e. The minimum Gasteiger partial charge on any atom is -0.448 e. The maximum atomic E-state index is 13.1. The van der Waals surface area contributed by atoms with Crippen molar-refractivity contribution in [3.05, 3.63) is 29.3 Å². The van der Waals surface area contributed by atoms with Crippen molar-refractivity contribution in [2.45, 2.75) is 37.8 Å². The molecule has 3 heterocycles. The molecule has 1 aromatic rings. The van der Waals surface area contributed by atoms with Crippen LogP contribution in [0.2, 0.25) is 0 Å². The third-order valence-electron chi connectivity index (χ3n) is 6.47. The zero-order chi connectivity index (χ0) is 24.9. The van der Waals surface area contributed by atoms with E-state index in [0.717, 1.165) is 24.3 Å². The van der Waals surface area contributed by atoms with Gasteiger partial charge in [0.05, 0.1) is 24.3 Å². The van der Waals surface area contributed by atoms with Crippen LogP contribution in [0.3, 0.4) is 0 Å². The number of nitrogens with two attached hydrogens (primary N) is 1. The van der Waals surface area contributed by atoms with Crippen molar-refractivity contribution in [2.75, 3.05) is 44.8 Å². The van der Waals surface area contributed by atoms with E-state index in [1.165, 1.54) is 0 Å². The van der Waals surface area contributed by atoms with Gasteiger partial charge in [0, 0.05) is 31.2 Å². The number of benzene rings is 1. The quantitative estimate of drug-likeness (QED) is 0.307. The topological polar surface area (TPSA) is 160 Å². The van der Waals surface area contributed by atoms with Crippen LogP contribution >= 0.6 is 0 Å². The second-order valence-corrected chi connectivity index (χ2v) is 8.68. The summed E-state index contributed by atoms with van der Waals surface area (Å²) in [5, 5.41) is 5.33. The Morgan fingerprint density at radius 3 is 2.74 bits per heavy atom. The lowest BCUT2D eigenvalue weighted by Crippen LogP contribution is -2.54. The van der Waals surface area contributed by atoms with Crippen molar-refractivity contribution in [3.63, 3.8) is 0 Å². The highest BCUT2D eigenvalue weighted by molar-refractivity contribution is 6.25. The number of carbonyl (C=O) groups is 5. The van der Waals surface area contributed by atoms with E-state index in [0.29, 0.717) is 32.0 Å². The van der Waals surface area contributed by atoms with Crippen LogP contribution in [0.15, 0.2) is 18.2 Å². The Morgan fingerprint density at radius 1 is 1.14 bits per heavy atom. The molecule has 2 atom stereocenters. The molecule has 0 aliphatic carbocycles. The van der Waals surface area contributed by atoms with Crippen LogP contribution in [0.5, 0.6) is 0 Å². The molecule has 2 saturated heterocycles. The molecule has 1 aromatic carbocycles. The van der Waals surface area contributed by atoms with Gasteiger partial charge >= 0.3 is 6.09 Å². The number of rotatable bonds is 10. The summed E-state index contributed by atoms with van der Waals surface area (Å²) in [6.07, 6.45) is 1.38. The van der Waals surface area contributed by atoms with Gasteiger partial charge in [-0.1, -0.05) is 6.07 Å². The highest BCUT2D eigenvalue weighted by atomic mass is 16.5. The van der Waals surface area contributed by atoms with Crippen LogP contribution in [-0.4, -0.2) is 91.1 Å². The maximum absolute atomic E-state index is 13.1. The second-order valence-electron chi connectivity index (χ2n) is 8.68. The van der Waals surface area contributed by atoms with Gasteiger partial charge in [-0.2, -0.15) is 0 Å². The summed E-state index contributed by atoms with van der Waals surface area (Å²) >= 11 is 0. The molecule has 3 aliphatic heterocycles. The molecule has 35 heavy (non-hydrogen) atoms. The van der Waals surface area contributed by atoms with E-state index < -0.39 is 35.8 Å². The molecule has 188 valence electrons. The van der Waals surface area contributed by atoms with Gasteiger partial charge in [-0.3, -0.25) is 34.3 Å². The van der Waals surface area contributed by atoms with Crippen LogP contribution in [0, 0.1) is 0 Å². The first-order chi connectivity index (χ1) is 16.9. The van der Waals surface area contributed by atoms with Gasteiger partial charge in [-0.05, 0) is 37.9 Å². The molecular formula is C23H29N5O7. The number of nitrogens with zero attached hydrogens (tertiary/aromatic N) is 2. The SMILES string of the molecule is NC(=O)OCC1CCCN1CCOCCNc1cccc2c1C(=O)N(C1CCC(=O)NC1=O)C2=O. The number of fused-ring (bicyclic) bond motifs is 1. The molecule has 2 unspecified atom stereocenters. The van der Waals surface area contributed by atoms with E-state index in [1.807, 2.05) is 0 Å². The number of amides is 5. The fourth-order valence-corrected chi connectivity index (χ4v) is 4.76. The number of piperidine rings is 1. The predicted molar refractivity (Wildman–Crippen MR) is 123 cm³/mol. The van der Waals surface area contributed by atoms with E-state index in [-0.39, 0.29) is 36.6 Å². The van der Waals surface area contributed by atoms with Gasteiger partial charge in [-0.15, -0.1) is 0 Å². The molecule has 4 rings (SSSR count). The summed E-state index contributed by atoms with van der Waals surface area (Å²) in [6, 6.07) is 4.07. The number of likely N-dealkylation sites (tertiary alicyclic amines) is 1. The largest absolute Gasteiger partial charge is 0.448 e. The van der Waals surface area contributed by atoms with Crippen LogP contribution in [0.25, 0.3) is 0 Å². The number of imide groups is 2. The standard InChI is InChI=1S/C23H29N5O7/c24-23(33)35-13-14-3-2-9-27(14)10-12-34-11-8-25-16-5-1-4-15-19(16)22(32)28(21(15)31)17-6-7-18(29)26-20(17)30/h1,4-5,14,17,25H,2-3,6-13H2,(H2,24,33)(H,26,29,30). The van der Waals surface area contributed by atoms with Crippen molar-refractivity contribution >= 4 is 35.4 Å². The summed E-state index contributed by atoms with van der Waals surface area (Å²) in [5.41, 5.74) is 5.98. The fourth-order valence-electron chi connectivity index (χ4n) is 4.76. The van der Waals surface area contributed by atoms with Gasteiger partial charge < -0.3 is 20.5 Å². The van der Waals surface area contributed by atoms with Gasteiger partial charge in [0.15, 0.2) is 0 Å². The van der Waals surface area contributed by atoms with Crippen molar-refractivity contribution in [1.82, 2.24) is 15.1 Å². The Labute approximate surface area is 202 Å². The molecule has 0 spiro atoms. The first kappa shape index (κ1) is 24.6. The second kappa shape index (κ2) is 10.8. The first-order valence-electron chi connectivity index (χ1n) is 11.7. The third-order valence-corrected chi connectivity index (χ3v) is 6.47.